The molecule has 0 aromatic heterocycles. The number of fused-ring (bicyclic) bond motifs is 5. The Morgan fingerprint density at radius 1 is 1.03 bits per heavy atom. The Balaban J connectivity index is 1.61. The molecule has 1 aromatic rings. The maximum absolute atomic E-state index is 13.2. The molecule has 0 radical (unpaired) electrons. The molecule has 1 heterocycles. The number of amides is 1. The van der Waals surface area contributed by atoms with E-state index in [-0.39, 0.29) is 17.4 Å². The molecule has 2 unspecified atom stereocenters. The topological polar surface area (TPSA) is 84.9 Å². The molecular weight excluding hydrogens is 418 g/mol. The molecule has 2 N–H and O–H groups in total. The van der Waals surface area contributed by atoms with E-state index in [1.54, 1.807) is 20.3 Å². The van der Waals surface area contributed by atoms with E-state index in [9.17, 15) is 14.7 Å². The standard InChI is InChI=1S/C27H35NO5/c1-25-13-12-22(29)28-21(25)9-8-16-17(25)10-14-26(2)18(16)11-15-27(26,24(30)31)23-19(32-3)6-5-7-20(23)33-4/h5-7,12-13,16-18,21H,8-11,14-15H2,1-4H3,(H,28,29)(H,30,31)/t16-,17-,18+,21?,25-,26+,27?/m1/s1. The molecule has 3 fully saturated rings. The first-order valence-corrected chi connectivity index (χ1v) is 12.2. The minimum absolute atomic E-state index is 0.00519. The summed E-state index contributed by atoms with van der Waals surface area (Å²) in [6.07, 6.45) is 9.05. The summed E-state index contributed by atoms with van der Waals surface area (Å²) in [7, 11) is 3.20. The van der Waals surface area contributed by atoms with E-state index < -0.39 is 16.8 Å². The minimum atomic E-state index is -1.06. The second-order valence-corrected chi connectivity index (χ2v) is 11.0. The average molecular weight is 454 g/mol. The van der Waals surface area contributed by atoms with Crippen LogP contribution in [0.25, 0.3) is 0 Å². The summed E-state index contributed by atoms with van der Waals surface area (Å²) in [4.78, 5) is 25.2. The highest BCUT2D eigenvalue weighted by molar-refractivity contribution is 5.89. The molecule has 4 aliphatic rings. The molecule has 6 nitrogen and oxygen atoms in total. The number of ether oxygens (including phenoxy) is 2. The van der Waals surface area contributed by atoms with E-state index in [1.807, 2.05) is 18.2 Å². The summed E-state index contributed by atoms with van der Waals surface area (Å²) in [5.41, 5.74) is -0.855. The van der Waals surface area contributed by atoms with Crippen LogP contribution in [0.4, 0.5) is 0 Å². The van der Waals surface area contributed by atoms with Crippen molar-refractivity contribution in [3.05, 3.63) is 35.9 Å². The summed E-state index contributed by atoms with van der Waals surface area (Å²) >= 11 is 0. The molecule has 0 bridgehead atoms. The third-order valence-electron chi connectivity index (χ3n) is 10.1. The normalized spacial score (nSPS) is 41.4. The largest absolute Gasteiger partial charge is 0.496 e. The van der Waals surface area contributed by atoms with Crippen LogP contribution in [0.3, 0.4) is 0 Å². The predicted octanol–water partition coefficient (Wildman–Crippen LogP) is 4.32. The third kappa shape index (κ3) is 2.79. The lowest BCUT2D eigenvalue weighted by atomic mass is 9.45. The van der Waals surface area contributed by atoms with Gasteiger partial charge in [-0.2, -0.15) is 0 Å². The zero-order valence-electron chi connectivity index (χ0n) is 20.0. The van der Waals surface area contributed by atoms with Gasteiger partial charge in [0.05, 0.1) is 19.8 Å². The van der Waals surface area contributed by atoms with Crippen molar-refractivity contribution in [3.63, 3.8) is 0 Å². The summed E-state index contributed by atoms with van der Waals surface area (Å²) in [6.45, 7) is 4.49. The Hall–Kier alpha value is -2.50. The number of methoxy groups -OCH3 is 2. The highest BCUT2D eigenvalue weighted by Crippen LogP contribution is 2.70. The van der Waals surface area contributed by atoms with Gasteiger partial charge >= 0.3 is 5.97 Å². The molecule has 1 aliphatic heterocycles. The molecular formula is C27H35NO5. The summed E-state index contributed by atoms with van der Waals surface area (Å²) < 4.78 is 11.4. The Labute approximate surface area is 195 Å². The van der Waals surface area contributed by atoms with Crippen LogP contribution in [0.15, 0.2) is 30.4 Å². The van der Waals surface area contributed by atoms with Gasteiger partial charge < -0.3 is 19.9 Å². The number of nitrogens with one attached hydrogen (secondary N) is 1. The number of carboxylic acid groups (broad SMARTS) is 1. The van der Waals surface area contributed by atoms with Crippen LogP contribution in [-0.4, -0.2) is 37.2 Å². The van der Waals surface area contributed by atoms with E-state index in [0.717, 1.165) is 32.1 Å². The molecule has 1 aromatic carbocycles. The van der Waals surface area contributed by atoms with Gasteiger partial charge in [-0.25, -0.2) is 0 Å². The maximum atomic E-state index is 13.2. The van der Waals surface area contributed by atoms with Crippen molar-refractivity contribution in [2.45, 2.75) is 63.8 Å². The van der Waals surface area contributed by atoms with Gasteiger partial charge in [0.25, 0.3) is 0 Å². The molecule has 7 atom stereocenters. The Kier molecular flexibility index (Phi) is 5.07. The van der Waals surface area contributed by atoms with Gasteiger partial charge in [0, 0.05) is 11.5 Å². The maximum Gasteiger partial charge on any atom is 0.314 e. The summed E-state index contributed by atoms with van der Waals surface area (Å²) in [5, 5.41) is 14.1. The van der Waals surface area contributed by atoms with Crippen molar-refractivity contribution < 1.29 is 24.2 Å². The molecule has 1 amide bonds. The van der Waals surface area contributed by atoms with Crippen molar-refractivity contribution in [2.75, 3.05) is 14.2 Å². The number of hydrogen-bond acceptors (Lipinski definition) is 4. The van der Waals surface area contributed by atoms with Gasteiger partial charge in [0.15, 0.2) is 0 Å². The van der Waals surface area contributed by atoms with Crippen molar-refractivity contribution >= 4 is 11.9 Å². The van der Waals surface area contributed by atoms with Crippen LogP contribution in [0.5, 0.6) is 11.5 Å². The van der Waals surface area contributed by atoms with Crippen LogP contribution in [0.1, 0.15) is 57.9 Å². The monoisotopic (exact) mass is 453 g/mol. The lowest BCUT2D eigenvalue weighted by Crippen LogP contribution is -2.61. The smallest absolute Gasteiger partial charge is 0.314 e. The first kappa shape index (κ1) is 22.3. The number of benzene rings is 1. The second kappa shape index (κ2) is 7.51. The lowest BCUT2D eigenvalue weighted by Gasteiger charge is -2.60. The van der Waals surface area contributed by atoms with E-state index in [2.05, 4.69) is 25.2 Å². The first-order chi connectivity index (χ1) is 15.7. The second-order valence-electron chi connectivity index (χ2n) is 11.0. The quantitative estimate of drug-likeness (QED) is 0.709. The van der Waals surface area contributed by atoms with Gasteiger partial charge in [-0.3, -0.25) is 9.59 Å². The SMILES string of the molecule is COc1cccc(OC)c1C1(C(=O)O)CC[C@H]2[C@@H]3CCC4NC(=O)C=C[C@]4(C)[C@@H]3CC[C@@]21C. The van der Waals surface area contributed by atoms with Crippen molar-refractivity contribution in [3.8, 4) is 11.5 Å². The fraction of sp³-hybridized carbons (Fsp3) is 0.630. The summed E-state index contributed by atoms with van der Waals surface area (Å²) in [6, 6.07) is 5.73. The summed E-state index contributed by atoms with van der Waals surface area (Å²) in [5.74, 6) is 1.58. The molecule has 5 rings (SSSR count). The number of rotatable bonds is 4. The molecule has 0 spiro atoms. The number of carbonyl (C=O) groups is 2. The average Bonchev–Trinajstić information content (AvgIpc) is 3.12. The Morgan fingerprint density at radius 2 is 1.70 bits per heavy atom. The van der Waals surface area contributed by atoms with Crippen LogP contribution in [0, 0.1) is 28.6 Å². The molecule has 178 valence electrons. The van der Waals surface area contributed by atoms with Gasteiger partial charge in [-0.1, -0.05) is 26.0 Å². The number of hydrogen-bond donors (Lipinski definition) is 2. The van der Waals surface area contributed by atoms with E-state index in [0.29, 0.717) is 41.2 Å². The molecule has 0 saturated heterocycles. The van der Waals surface area contributed by atoms with Gasteiger partial charge in [-0.05, 0) is 79.9 Å². The van der Waals surface area contributed by atoms with Crippen LogP contribution in [-0.2, 0) is 15.0 Å². The van der Waals surface area contributed by atoms with Crippen LogP contribution < -0.4 is 14.8 Å². The van der Waals surface area contributed by atoms with Crippen LogP contribution >= 0.6 is 0 Å². The van der Waals surface area contributed by atoms with Gasteiger partial charge in [0.1, 0.15) is 16.9 Å². The highest BCUT2D eigenvalue weighted by Gasteiger charge is 2.69. The first-order valence-electron chi connectivity index (χ1n) is 12.2. The number of aliphatic carboxylic acids is 1. The van der Waals surface area contributed by atoms with E-state index in [1.165, 1.54) is 0 Å². The zero-order chi connectivity index (χ0) is 23.6. The minimum Gasteiger partial charge on any atom is -0.496 e. The van der Waals surface area contributed by atoms with E-state index >= 15 is 0 Å². The van der Waals surface area contributed by atoms with Crippen molar-refractivity contribution in [2.24, 2.45) is 28.6 Å². The molecule has 3 saturated carbocycles. The lowest BCUT2D eigenvalue weighted by molar-refractivity contribution is -0.154. The fourth-order valence-electron chi connectivity index (χ4n) is 8.51. The van der Waals surface area contributed by atoms with Crippen molar-refractivity contribution in [1.82, 2.24) is 5.32 Å². The van der Waals surface area contributed by atoms with Crippen molar-refractivity contribution in [1.29, 1.82) is 0 Å². The Morgan fingerprint density at radius 3 is 2.33 bits per heavy atom. The molecule has 3 aliphatic carbocycles. The van der Waals surface area contributed by atoms with Crippen LogP contribution in [0.2, 0.25) is 0 Å². The molecule has 6 heteroatoms. The zero-order valence-corrected chi connectivity index (χ0v) is 20.0. The van der Waals surface area contributed by atoms with E-state index in [4.69, 9.17) is 9.47 Å². The third-order valence-corrected chi connectivity index (χ3v) is 10.1. The number of carboxylic acids is 1. The number of carbonyl (C=O) groups excluding carboxylic acids is 1. The Bertz CT molecular complexity index is 998. The fourth-order valence-corrected chi connectivity index (χ4v) is 8.51. The highest BCUT2D eigenvalue weighted by atomic mass is 16.5. The predicted molar refractivity (Wildman–Crippen MR) is 124 cm³/mol. The molecule has 33 heavy (non-hydrogen) atoms. The van der Waals surface area contributed by atoms with Gasteiger partial charge in [-0.15, -0.1) is 0 Å². The van der Waals surface area contributed by atoms with Gasteiger partial charge in [0.2, 0.25) is 5.91 Å².